The van der Waals surface area contributed by atoms with Gasteiger partial charge in [-0.25, -0.2) is 0 Å². The molecule has 0 saturated carbocycles. The van der Waals surface area contributed by atoms with Crippen LogP contribution in [-0.4, -0.2) is 66.0 Å². The van der Waals surface area contributed by atoms with Crippen LogP contribution in [0.3, 0.4) is 0 Å². The third-order valence-electron chi connectivity index (χ3n) is 3.00. The maximum Gasteiger partial charge on any atom is 0.0718 e. The average Bonchev–Trinajstić information content (AvgIpc) is 2.65. The summed E-state index contributed by atoms with van der Waals surface area (Å²) in [7, 11) is 0. The predicted molar refractivity (Wildman–Crippen MR) is 93.4 cm³/mol. The van der Waals surface area contributed by atoms with Gasteiger partial charge in [-0.1, -0.05) is 35.4 Å². The highest BCUT2D eigenvalue weighted by Crippen LogP contribution is 1.99. The smallest absolute Gasteiger partial charge is 0.0718 e. The molecular weight excluding hydrogens is 326 g/mol. The van der Waals surface area contributed by atoms with E-state index in [1.165, 1.54) is 0 Å². The molecule has 0 fully saturated rings. The van der Waals surface area contributed by atoms with E-state index in [9.17, 15) is 0 Å². The van der Waals surface area contributed by atoms with Crippen molar-refractivity contribution in [2.24, 2.45) is 5.11 Å². The molecule has 0 bridgehead atoms. The topological polar surface area (TPSA) is 94.9 Å². The maximum atomic E-state index is 8.07. The molecule has 1 aromatic rings. The number of rotatable bonds is 17. The zero-order chi connectivity index (χ0) is 17.8. The molecule has 0 spiro atoms. The van der Waals surface area contributed by atoms with Crippen LogP contribution < -0.4 is 0 Å². The summed E-state index contributed by atoms with van der Waals surface area (Å²) in [5.41, 5.74) is 9.23. The van der Waals surface area contributed by atoms with Crippen molar-refractivity contribution in [2.45, 2.75) is 6.61 Å². The molecule has 8 heteroatoms. The molecule has 0 aromatic heterocycles. The minimum Gasteiger partial charge on any atom is -0.379 e. The van der Waals surface area contributed by atoms with Crippen molar-refractivity contribution < 1.29 is 23.7 Å². The Bertz CT molecular complexity index is 455. The van der Waals surface area contributed by atoms with Gasteiger partial charge in [-0.15, -0.1) is 0 Å². The Hall–Kier alpha value is -1.67. The lowest BCUT2D eigenvalue weighted by molar-refractivity contribution is -0.0120. The van der Waals surface area contributed by atoms with Crippen molar-refractivity contribution in [1.29, 1.82) is 0 Å². The van der Waals surface area contributed by atoms with Crippen molar-refractivity contribution in [2.75, 3.05) is 66.0 Å². The van der Waals surface area contributed by atoms with E-state index in [0.29, 0.717) is 72.6 Å². The molecule has 0 amide bonds. The number of hydrogen-bond acceptors (Lipinski definition) is 6. The number of ether oxygens (including phenoxy) is 5. The van der Waals surface area contributed by atoms with Crippen LogP contribution in [0.4, 0.5) is 0 Å². The summed E-state index contributed by atoms with van der Waals surface area (Å²) in [5, 5.41) is 3.36. The van der Waals surface area contributed by atoms with Gasteiger partial charge < -0.3 is 23.7 Å². The van der Waals surface area contributed by atoms with E-state index in [1.807, 2.05) is 30.3 Å². The maximum absolute atomic E-state index is 8.07. The van der Waals surface area contributed by atoms with E-state index in [4.69, 9.17) is 29.2 Å². The molecule has 0 saturated heterocycles. The van der Waals surface area contributed by atoms with Crippen molar-refractivity contribution in [3.63, 3.8) is 0 Å². The van der Waals surface area contributed by atoms with Crippen molar-refractivity contribution in [3.8, 4) is 0 Å². The van der Waals surface area contributed by atoms with Crippen LogP contribution in [0.2, 0.25) is 0 Å². The normalized spacial score (nSPS) is 10.6. The summed E-state index contributed by atoms with van der Waals surface area (Å²) in [5.74, 6) is 0. The molecule has 140 valence electrons. The molecule has 1 rings (SSSR count). The van der Waals surface area contributed by atoms with Gasteiger partial charge >= 0.3 is 0 Å². The first kappa shape index (κ1) is 21.4. The molecule has 0 heterocycles. The van der Waals surface area contributed by atoms with Crippen molar-refractivity contribution in [1.82, 2.24) is 0 Å². The fourth-order valence-electron chi connectivity index (χ4n) is 1.79. The van der Waals surface area contributed by atoms with Crippen LogP contribution in [0.25, 0.3) is 10.4 Å². The Morgan fingerprint density at radius 3 is 1.68 bits per heavy atom. The summed E-state index contributed by atoms with van der Waals surface area (Å²) in [6, 6.07) is 10.0. The molecule has 0 aliphatic heterocycles. The molecule has 0 aliphatic carbocycles. The van der Waals surface area contributed by atoms with Gasteiger partial charge in [-0.05, 0) is 11.1 Å². The zero-order valence-corrected chi connectivity index (χ0v) is 14.5. The SMILES string of the molecule is [N-]=[N+]=NCCOCCOCCOCCOCCOCc1ccccc1. The Balaban J connectivity index is 1.71. The lowest BCUT2D eigenvalue weighted by Crippen LogP contribution is -2.13. The van der Waals surface area contributed by atoms with Gasteiger partial charge in [0.2, 0.25) is 0 Å². The standard InChI is InChI=1S/C17H27N3O5/c18-20-19-6-7-21-8-9-22-10-11-23-12-13-24-14-15-25-16-17-4-2-1-3-5-17/h1-5H,6-16H2. The van der Waals surface area contributed by atoms with Crippen LogP contribution in [0.15, 0.2) is 35.4 Å². The summed E-state index contributed by atoms with van der Waals surface area (Å²) in [6.07, 6.45) is 0. The molecule has 0 unspecified atom stereocenters. The van der Waals surface area contributed by atoms with Crippen LogP contribution in [0.5, 0.6) is 0 Å². The first-order valence-electron chi connectivity index (χ1n) is 8.37. The minimum atomic E-state index is 0.344. The molecule has 25 heavy (non-hydrogen) atoms. The summed E-state index contributed by atoms with van der Waals surface area (Å²) in [6.45, 7) is 5.56. The average molecular weight is 353 g/mol. The minimum absolute atomic E-state index is 0.344. The molecule has 0 aliphatic rings. The first-order valence-corrected chi connectivity index (χ1v) is 8.37. The second-order valence-corrected chi connectivity index (χ2v) is 4.94. The second-order valence-electron chi connectivity index (χ2n) is 4.94. The molecule has 1 aromatic carbocycles. The van der Waals surface area contributed by atoms with E-state index in [2.05, 4.69) is 10.0 Å². The molecule has 8 nitrogen and oxygen atoms in total. The van der Waals surface area contributed by atoms with Crippen LogP contribution >= 0.6 is 0 Å². The number of nitrogens with zero attached hydrogens (tertiary/aromatic N) is 3. The van der Waals surface area contributed by atoms with Gasteiger partial charge in [-0.2, -0.15) is 0 Å². The molecule has 0 N–H and O–H groups in total. The number of azide groups is 1. The van der Waals surface area contributed by atoms with E-state index in [1.54, 1.807) is 0 Å². The van der Waals surface area contributed by atoms with Gasteiger partial charge in [0.05, 0.1) is 66.1 Å². The predicted octanol–water partition coefficient (Wildman–Crippen LogP) is 2.58. The van der Waals surface area contributed by atoms with Crippen LogP contribution in [-0.2, 0) is 30.3 Å². The monoisotopic (exact) mass is 353 g/mol. The quantitative estimate of drug-likeness (QED) is 0.186. The highest BCUT2D eigenvalue weighted by atomic mass is 16.6. The van der Waals surface area contributed by atoms with Gasteiger partial charge in [0, 0.05) is 11.5 Å². The Labute approximate surface area is 148 Å². The van der Waals surface area contributed by atoms with Crippen molar-refractivity contribution in [3.05, 3.63) is 46.3 Å². The van der Waals surface area contributed by atoms with E-state index in [-0.39, 0.29) is 0 Å². The van der Waals surface area contributed by atoms with Gasteiger partial charge in [0.25, 0.3) is 0 Å². The van der Waals surface area contributed by atoms with Crippen LogP contribution in [0.1, 0.15) is 5.56 Å². The largest absolute Gasteiger partial charge is 0.379 e. The third-order valence-corrected chi connectivity index (χ3v) is 3.00. The van der Waals surface area contributed by atoms with Crippen molar-refractivity contribution >= 4 is 0 Å². The Morgan fingerprint density at radius 1 is 0.680 bits per heavy atom. The van der Waals surface area contributed by atoms with E-state index < -0.39 is 0 Å². The summed E-state index contributed by atoms with van der Waals surface area (Å²) >= 11 is 0. The molecule has 0 atom stereocenters. The Morgan fingerprint density at radius 2 is 1.16 bits per heavy atom. The summed E-state index contributed by atoms with van der Waals surface area (Å²) < 4.78 is 26.8. The Kier molecular flexibility index (Phi) is 14.7. The zero-order valence-electron chi connectivity index (χ0n) is 14.5. The fraction of sp³-hybridized carbons (Fsp3) is 0.647. The second kappa shape index (κ2) is 17.2. The van der Waals surface area contributed by atoms with E-state index in [0.717, 1.165) is 5.56 Å². The number of benzene rings is 1. The van der Waals surface area contributed by atoms with Gasteiger partial charge in [0.1, 0.15) is 0 Å². The first-order chi connectivity index (χ1) is 12.4. The lowest BCUT2D eigenvalue weighted by atomic mass is 10.2. The van der Waals surface area contributed by atoms with Gasteiger partial charge in [-0.3, -0.25) is 0 Å². The third kappa shape index (κ3) is 14.4. The molecular formula is C17H27N3O5. The number of hydrogen-bond donors (Lipinski definition) is 0. The van der Waals surface area contributed by atoms with Gasteiger partial charge in [0.15, 0.2) is 0 Å². The lowest BCUT2D eigenvalue weighted by Gasteiger charge is -2.07. The highest BCUT2D eigenvalue weighted by Gasteiger charge is 1.94. The highest BCUT2D eigenvalue weighted by molar-refractivity contribution is 5.13. The summed E-state index contributed by atoms with van der Waals surface area (Å²) in [4.78, 5) is 2.63. The van der Waals surface area contributed by atoms with Crippen LogP contribution in [0, 0.1) is 0 Å². The fourth-order valence-corrected chi connectivity index (χ4v) is 1.79. The molecule has 0 radical (unpaired) electrons. The van der Waals surface area contributed by atoms with E-state index >= 15 is 0 Å².